The third-order valence-electron chi connectivity index (χ3n) is 5.18. The Morgan fingerprint density at radius 1 is 1.10 bits per heavy atom. The molecule has 3 aromatic rings. The SMILES string of the molecule is Cn1c(=NC(=O)C2CCN(S(=O)(=O)c3ccc(F)cc3)CC2)sc2ccccc21. The lowest BCUT2D eigenvalue weighted by Crippen LogP contribution is -2.40. The highest BCUT2D eigenvalue weighted by molar-refractivity contribution is 7.89. The lowest BCUT2D eigenvalue weighted by molar-refractivity contribution is -0.122. The fourth-order valence-corrected chi connectivity index (χ4v) is 5.97. The van der Waals surface area contributed by atoms with Gasteiger partial charge < -0.3 is 4.57 Å². The Morgan fingerprint density at radius 3 is 2.41 bits per heavy atom. The number of fused-ring (bicyclic) bond motifs is 1. The molecule has 0 aliphatic carbocycles. The molecule has 0 saturated carbocycles. The molecule has 1 aromatic heterocycles. The Hall–Kier alpha value is -2.36. The van der Waals surface area contributed by atoms with Crippen LogP contribution in [-0.4, -0.2) is 36.3 Å². The van der Waals surface area contributed by atoms with Crippen LogP contribution in [0.5, 0.6) is 0 Å². The zero-order valence-corrected chi connectivity index (χ0v) is 17.4. The van der Waals surface area contributed by atoms with E-state index in [2.05, 4.69) is 4.99 Å². The maximum absolute atomic E-state index is 13.1. The smallest absolute Gasteiger partial charge is 0.251 e. The van der Waals surface area contributed by atoms with Crippen LogP contribution in [0.1, 0.15) is 12.8 Å². The highest BCUT2D eigenvalue weighted by Gasteiger charge is 2.32. The molecule has 29 heavy (non-hydrogen) atoms. The number of sulfonamides is 1. The van der Waals surface area contributed by atoms with Crippen molar-refractivity contribution in [3.8, 4) is 0 Å². The van der Waals surface area contributed by atoms with Crippen LogP contribution in [0, 0.1) is 11.7 Å². The van der Waals surface area contributed by atoms with Gasteiger partial charge in [0.05, 0.1) is 15.1 Å². The molecule has 152 valence electrons. The third kappa shape index (κ3) is 3.90. The van der Waals surface area contributed by atoms with E-state index in [1.807, 2.05) is 35.9 Å². The number of amides is 1. The molecule has 1 fully saturated rings. The summed E-state index contributed by atoms with van der Waals surface area (Å²) < 4.78 is 42.8. The Kier molecular flexibility index (Phi) is 5.37. The summed E-state index contributed by atoms with van der Waals surface area (Å²) in [5.41, 5.74) is 1.02. The van der Waals surface area contributed by atoms with Gasteiger partial charge in [-0.2, -0.15) is 9.30 Å². The number of aryl methyl sites for hydroxylation is 1. The van der Waals surface area contributed by atoms with Gasteiger partial charge in [-0.15, -0.1) is 0 Å². The second-order valence-corrected chi connectivity index (χ2v) is 9.94. The van der Waals surface area contributed by atoms with Crippen molar-refractivity contribution in [2.24, 2.45) is 18.0 Å². The van der Waals surface area contributed by atoms with E-state index in [-0.39, 0.29) is 29.8 Å². The van der Waals surface area contributed by atoms with Gasteiger partial charge in [0.2, 0.25) is 10.0 Å². The minimum absolute atomic E-state index is 0.0608. The topological polar surface area (TPSA) is 71.7 Å². The molecule has 2 heterocycles. The number of halogens is 1. The van der Waals surface area contributed by atoms with E-state index in [9.17, 15) is 17.6 Å². The normalized spacial score (nSPS) is 17.1. The molecule has 0 N–H and O–H groups in total. The maximum Gasteiger partial charge on any atom is 0.251 e. The number of hydrogen-bond acceptors (Lipinski definition) is 4. The van der Waals surface area contributed by atoms with Crippen LogP contribution >= 0.6 is 11.3 Å². The number of piperidine rings is 1. The van der Waals surface area contributed by atoms with Gasteiger partial charge in [0.15, 0.2) is 4.80 Å². The molecule has 0 unspecified atom stereocenters. The first-order valence-electron chi connectivity index (χ1n) is 9.25. The van der Waals surface area contributed by atoms with Crippen molar-refractivity contribution in [2.75, 3.05) is 13.1 Å². The Morgan fingerprint density at radius 2 is 1.76 bits per heavy atom. The molecule has 0 radical (unpaired) electrons. The standard InChI is InChI=1S/C20H20FN3O3S2/c1-23-17-4-2-3-5-18(17)28-20(23)22-19(25)14-10-12-24(13-11-14)29(26,27)16-8-6-15(21)7-9-16/h2-9,14H,10-13H2,1H3. The first-order valence-corrected chi connectivity index (χ1v) is 11.5. The third-order valence-corrected chi connectivity index (χ3v) is 8.20. The number of benzene rings is 2. The fraction of sp³-hybridized carbons (Fsp3) is 0.300. The number of rotatable bonds is 3. The van der Waals surface area contributed by atoms with Crippen LogP contribution in [-0.2, 0) is 21.9 Å². The van der Waals surface area contributed by atoms with Crippen LogP contribution in [0.15, 0.2) is 58.4 Å². The van der Waals surface area contributed by atoms with Crippen molar-refractivity contribution >= 4 is 37.5 Å². The molecular weight excluding hydrogens is 413 g/mol. The number of carbonyl (C=O) groups excluding carboxylic acids is 1. The summed E-state index contributed by atoms with van der Waals surface area (Å²) in [7, 11) is -1.81. The first kappa shape index (κ1) is 19.9. The van der Waals surface area contributed by atoms with E-state index in [0.29, 0.717) is 17.6 Å². The number of thiazole rings is 1. The molecule has 1 amide bonds. The summed E-state index contributed by atoms with van der Waals surface area (Å²) in [6.07, 6.45) is 0.828. The van der Waals surface area contributed by atoms with Crippen LogP contribution in [0.2, 0.25) is 0 Å². The van der Waals surface area contributed by atoms with Gasteiger partial charge in [-0.25, -0.2) is 12.8 Å². The molecule has 1 aliphatic heterocycles. The lowest BCUT2D eigenvalue weighted by atomic mass is 9.98. The van der Waals surface area contributed by atoms with Gasteiger partial charge in [0.1, 0.15) is 5.82 Å². The molecular formula is C20H20FN3O3S2. The summed E-state index contributed by atoms with van der Waals surface area (Å²) in [4.78, 5) is 17.7. The second-order valence-electron chi connectivity index (χ2n) is 6.99. The average Bonchev–Trinajstić information content (AvgIpc) is 3.04. The van der Waals surface area contributed by atoms with Crippen LogP contribution in [0.4, 0.5) is 4.39 Å². The van der Waals surface area contributed by atoms with E-state index in [4.69, 9.17) is 0 Å². The first-order chi connectivity index (χ1) is 13.9. The Balaban J connectivity index is 1.48. The molecule has 0 bridgehead atoms. The van der Waals surface area contributed by atoms with Crippen LogP contribution in [0.3, 0.4) is 0 Å². The van der Waals surface area contributed by atoms with Crippen molar-refractivity contribution in [1.29, 1.82) is 0 Å². The van der Waals surface area contributed by atoms with Crippen molar-refractivity contribution in [2.45, 2.75) is 17.7 Å². The molecule has 0 spiro atoms. The van der Waals surface area contributed by atoms with Gasteiger partial charge in [0, 0.05) is 26.1 Å². The minimum atomic E-state index is -3.69. The summed E-state index contributed by atoms with van der Waals surface area (Å²) in [6.45, 7) is 0.481. The van der Waals surface area contributed by atoms with Gasteiger partial charge >= 0.3 is 0 Å². The summed E-state index contributed by atoms with van der Waals surface area (Å²) >= 11 is 1.46. The molecule has 0 atom stereocenters. The second kappa shape index (κ2) is 7.81. The maximum atomic E-state index is 13.1. The van der Waals surface area contributed by atoms with E-state index in [0.717, 1.165) is 22.3 Å². The van der Waals surface area contributed by atoms with Crippen LogP contribution < -0.4 is 4.80 Å². The van der Waals surface area contributed by atoms with Crippen molar-refractivity contribution < 1.29 is 17.6 Å². The minimum Gasteiger partial charge on any atom is -0.319 e. The average molecular weight is 434 g/mol. The van der Waals surface area contributed by atoms with Crippen molar-refractivity contribution in [3.05, 3.63) is 59.1 Å². The summed E-state index contributed by atoms with van der Waals surface area (Å²) in [5, 5.41) is 0. The summed E-state index contributed by atoms with van der Waals surface area (Å²) in [5.74, 6) is -1.00. The molecule has 2 aromatic carbocycles. The largest absolute Gasteiger partial charge is 0.319 e. The highest BCUT2D eigenvalue weighted by atomic mass is 32.2. The number of para-hydroxylation sites is 1. The van der Waals surface area contributed by atoms with Crippen LogP contribution in [0.25, 0.3) is 10.2 Å². The quantitative estimate of drug-likeness (QED) is 0.638. The fourth-order valence-electron chi connectivity index (χ4n) is 3.47. The summed E-state index contributed by atoms with van der Waals surface area (Å²) in [6, 6.07) is 12.6. The van der Waals surface area contributed by atoms with Crippen molar-refractivity contribution in [3.63, 3.8) is 0 Å². The molecule has 9 heteroatoms. The predicted octanol–water partition coefficient (Wildman–Crippen LogP) is 2.91. The Labute approximate surface area is 172 Å². The molecule has 1 aliphatic rings. The molecule has 4 rings (SSSR count). The van der Waals surface area contributed by atoms with E-state index in [1.54, 1.807) is 0 Å². The Bertz CT molecular complexity index is 1220. The van der Waals surface area contributed by atoms with Gasteiger partial charge in [-0.3, -0.25) is 4.79 Å². The lowest BCUT2D eigenvalue weighted by Gasteiger charge is -2.29. The molecule has 6 nitrogen and oxygen atoms in total. The highest BCUT2D eigenvalue weighted by Crippen LogP contribution is 2.25. The predicted molar refractivity (Wildman–Crippen MR) is 109 cm³/mol. The van der Waals surface area contributed by atoms with Gasteiger partial charge in [0.25, 0.3) is 5.91 Å². The van der Waals surface area contributed by atoms with Crippen molar-refractivity contribution in [1.82, 2.24) is 8.87 Å². The zero-order chi connectivity index (χ0) is 20.6. The van der Waals surface area contributed by atoms with E-state index < -0.39 is 15.8 Å². The van der Waals surface area contributed by atoms with Gasteiger partial charge in [-0.1, -0.05) is 23.5 Å². The monoisotopic (exact) mass is 433 g/mol. The number of carbonyl (C=O) groups is 1. The number of nitrogens with zero attached hydrogens (tertiary/aromatic N) is 3. The number of aromatic nitrogens is 1. The number of hydrogen-bond donors (Lipinski definition) is 0. The van der Waals surface area contributed by atoms with E-state index >= 15 is 0 Å². The van der Waals surface area contributed by atoms with E-state index in [1.165, 1.54) is 27.8 Å². The molecule has 1 saturated heterocycles. The zero-order valence-electron chi connectivity index (χ0n) is 15.8. The van der Waals surface area contributed by atoms with Gasteiger partial charge in [-0.05, 0) is 49.2 Å².